The molecule has 1 aromatic carbocycles. The van der Waals surface area contributed by atoms with E-state index in [2.05, 4.69) is 0 Å². The van der Waals surface area contributed by atoms with Crippen molar-refractivity contribution < 1.29 is 17.9 Å². The van der Waals surface area contributed by atoms with E-state index < -0.39 is 11.7 Å². The molecule has 0 aliphatic carbocycles. The second-order valence-corrected chi connectivity index (χ2v) is 5.21. The van der Waals surface area contributed by atoms with Gasteiger partial charge in [-0.25, -0.2) is 0 Å². The Morgan fingerprint density at radius 2 is 1.86 bits per heavy atom. The first-order valence-corrected chi connectivity index (χ1v) is 7.25. The van der Waals surface area contributed by atoms with Crippen LogP contribution in [0.2, 0.25) is 0 Å². The molecule has 0 spiro atoms. The van der Waals surface area contributed by atoms with Crippen LogP contribution in [0.4, 0.5) is 18.9 Å². The minimum absolute atomic E-state index is 0.130. The van der Waals surface area contributed by atoms with Crippen molar-refractivity contribution in [3.63, 3.8) is 0 Å². The van der Waals surface area contributed by atoms with Crippen molar-refractivity contribution in [1.29, 1.82) is 0 Å². The molecule has 1 aliphatic rings. The van der Waals surface area contributed by atoms with E-state index in [1.54, 1.807) is 17.0 Å². The van der Waals surface area contributed by atoms with Crippen LogP contribution in [0, 0.1) is 0 Å². The zero-order valence-corrected chi connectivity index (χ0v) is 11.9. The van der Waals surface area contributed by atoms with Gasteiger partial charge in [0.1, 0.15) is 0 Å². The first-order chi connectivity index (χ1) is 10.0. The molecule has 21 heavy (non-hydrogen) atoms. The molecule has 0 bridgehead atoms. The molecular formula is C15H21F3N2O. The third kappa shape index (κ3) is 4.35. The van der Waals surface area contributed by atoms with Crippen LogP contribution >= 0.6 is 0 Å². The van der Waals surface area contributed by atoms with Gasteiger partial charge in [-0.15, -0.1) is 0 Å². The lowest BCUT2D eigenvalue weighted by atomic mass is 10.0. The van der Waals surface area contributed by atoms with Crippen LogP contribution in [0.3, 0.4) is 0 Å². The molecule has 1 aromatic rings. The van der Waals surface area contributed by atoms with Gasteiger partial charge in [-0.1, -0.05) is 12.1 Å². The Hall–Kier alpha value is -1.27. The van der Waals surface area contributed by atoms with Gasteiger partial charge < -0.3 is 15.4 Å². The highest BCUT2D eigenvalue weighted by molar-refractivity contribution is 5.55. The van der Waals surface area contributed by atoms with E-state index in [0.29, 0.717) is 26.2 Å². The summed E-state index contributed by atoms with van der Waals surface area (Å²) in [5.74, 6) is 0. The minimum atomic E-state index is -4.31. The quantitative estimate of drug-likeness (QED) is 0.850. The van der Waals surface area contributed by atoms with Crippen LogP contribution in [-0.2, 0) is 10.9 Å². The summed E-state index contributed by atoms with van der Waals surface area (Å²) in [5, 5.41) is 0. The molecule has 0 atom stereocenters. The van der Waals surface area contributed by atoms with E-state index in [-0.39, 0.29) is 11.8 Å². The van der Waals surface area contributed by atoms with Crippen LogP contribution in [0.5, 0.6) is 0 Å². The lowest BCUT2D eigenvalue weighted by Crippen LogP contribution is -2.38. The van der Waals surface area contributed by atoms with Crippen LogP contribution in [0.25, 0.3) is 0 Å². The SMILES string of the molecule is NCCCOC1CCN(c2ccccc2C(F)(F)F)CC1. The van der Waals surface area contributed by atoms with Crippen molar-refractivity contribution in [3.8, 4) is 0 Å². The molecule has 1 saturated heterocycles. The summed E-state index contributed by atoms with van der Waals surface area (Å²) in [5.41, 5.74) is 5.11. The molecule has 2 N–H and O–H groups in total. The highest BCUT2D eigenvalue weighted by Crippen LogP contribution is 2.37. The molecular weight excluding hydrogens is 281 g/mol. The lowest BCUT2D eigenvalue weighted by molar-refractivity contribution is -0.137. The second-order valence-electron chi connectivity index (χ2n) is 5.21. The Kier molecular flexibility index (Phi) is 5.47. The average Bonchev–Trinajstić information content (AvgIpc) is 2.47. The molecule has 0 aromatic heterocycles. The Bertz CT molecular complexity index is 443. The molecule has 1 aliphatic heterocycles. The first kappa shape index (κ1) is 16.1. The molecule has 0 radical (unpaired) electrons. The topological polar surface area (TPSA) is 38.5 Å². The van der Waals surface area contributed by atoms with Gasteiger partial charge in [-0.3, -0.25) is 0 Å². The minimum Gasteiger partial charge on any atom is -0.378 e. The van der Waals surface area contributed by atoms with Crippen molar-refractivity contribution in [1.82, 2.24) is 0 Å². The van der Waals surface area contributed by atoms with Gasteiger partial charge in [0.2, 0.25) is 0 Å². The second kappa shape index (κ2) is 7.13. The van der Waals surface area contributed by atoms with Crippen LogP contribution < -0.4 is 10.6 Å². The predicted octanol–water partition coefficient (Wildman–Crippen LogP) is 3.04. The third-order valence-corrected chi connectivity index (χ3v) is 3.69. The van der Waals surface area contributed by atoms with Crippen LogP contribution in [0.1, 0.15) is 24.8 Å². The maximum atomic E-state index is 13.0. The molecule has 118 valence electrons. The van der Waals surface area contributed by atoms with E-state index in [0.717, 1.165) is 25.3 Å². The smallest absolute Gasteiger partial charge is 0.378 e. The highest BCUT2D eigenvalue weighted by atomic mass is 19.4. The fraction of sp³-hybridized carbons (Fsp3) is 0.600. The highest BCUT2D eigenvalue weighted by Gasteiger charge is 2.35. The van der Waals surface area contributed by atoms with Crippen molar-refractivity contribution in [2.24, 2.45) is 5.73 Å². The first-order valence-electron chi connectivity index (χ1n) is 7.25. The molecule has 6 heteroatoms. The number of nitrogens with zero attached hydrogens (tertiary/aromatic N) is 1. The largest absolute Gasteiger partial charge is 0.418 e. The fourth-order valence-corrected chi connectivity index (χ4v) is 2.59. The molecule has 1 fully saturated rings. The summed E-state index contributed by atoms with van der Waals surface area (Å²) in [6, 6.07) is 5.75. The predicted molar refractivity (Wildman–Crippen MR) is 76.3 cm³/mol. The molecule has 0 unspecified atom stereocenters. The Morgan fingerprint density at radius 1 is 1.19 bits per heavy atom. The summed E-state index contributed by atoms with van der Waals surface area (Å²) in [6.07, 6.45) is -1.87. The third-order valence-electron chi connectivity index (χ3n) is 3.69. The normalized spacial score (nSPS) is 17.2. The number of nitrogens with two attached hydrogens (primary N) is 1. The Morgan fingerprint density at radius 3 is 2.48 bits per heavy atom. The monoisotopic (exact) mass is 302 g/mol. The summed E-state index contributed by atoms with van der Waals surface area (Å²) in [7, 11) is 0. The van der Waals surface area contributed by atoms with Crippen LogP contribution in [0.15, 0.2) is 24.3 Å². The van der Waals surface area contributed by atoms with Gasteiger partial charge in [0.25, 0.3) is 0 Å². The number of anilines is 1. The molecule has 3 nitrogen and oxygen atoms in total. The molecule has 1 heterocycles. The van der Waals surface area contributed by atoms with E-state index in [4.69, 9.17) is 10.5 Å². The van der Waals surface area contributed by atoms with Gasteiger partial charge in [-0.05, 0) is 37.9 Å². The van der Waals surface area contributed by atoms with E-state index in [1.165, 1.54) is 6.07 Å². The van der Waals surface area contributed by atoms with Crippen molar-refractivity contribution in [2.75, 3.05) is 31.1 Å². The summed E-state index contributed by atoms with van der Waals surface area (Å²) >= 11 is 0. The summed E-state index contributed by atoms with van der Waals surface area (Å²) < 4.78 is 44.7. The number of rotatable bonds is 5. The van der Waals surface area contributed by atoms with Crippen molar-refractivity contribution in [2.45, 2.75) is 31.5 Å². The number of halogens is 3. The average molecular weight is 302 g/mol. The number of hydrogen-bond donors (Lipinski definition) is 1. The molecule has 0 saturated carbocycles. The van der Waals surface area contributed by atoms with Crippen LogP contribution in [-0.4, -0.2) is 32.3 Å². The number of benzene rings is 1. The zero-order valence-electron chi connectivity index (χ0n) is 11.9. The van der Waals surface area contributed by atoms with Gasteiger partial charge >= 0.3 is 6.18 Å². The molecule has 2 rings (SSSR count). The van der Waals surface area contributed by atoms with Gasteiger partial charge in [0.15, 0.2) is 0 Å². The maximum absolute atomic E-state index is 13.0. The van der Waals surface area contributed by atoms with Crippen molar-refractivity contribution >= 4 is 5.69 Å². The van der Waals surface area contributed by atoms with Crippen molar-refractivity contribution in [3.05, 3.63) is 29.8 Å². The number of hydrogen-bond acceptors (Lipinski definition) is 3. The Labute approximate surface area is 122 Å². The summed E-state index contributed by atoms with van der Waals surface area (Å²) in [4.78, 5) is 1.80. The van der Waals surface area contributed by atoms with Gasteiger partial charge in [-0.2, -0.15) is 13.2 Å². The van der Waals surface area contributed by atoms with Gasteiger partial charge in [0.05, 0.1) is 11.7 Å². The lowest BCUT2D eigenvalue weighted by Gasteiger charge is -2.34. The molecule has 0 amide bonds. The van der Waals surface area contributed by atoms with Gasteiger partial charge in [0, 0.05) is 25.4 Å². The van der Waals surface area contributed by atoms with E-state index in [9.17, 15) is 13.2 Å². The summed E-state index contributed by atoms with van der Waals surface area (Å²) in [6.45, 7) is 2.39. The fourth-order valence-electron chi connectivity index (χ4n) is 2.59. The number of alkyl halides is 3. The van der Waals surface area contributed by atoms with E-state index >= 15 is 0 Å². The number of para-hydroxylation sites is 1. The maximum Gasteiger partial charge on any atom is 0.418 e. The standard InChI is InChI=1S/C15H21F3N2O/c16-15(17,18)13-4-1-2-5-14(13)20-9-6-12(7-10-20)21-11-3-8-19/h1-2,4-5,12H,3,6-11,19H2. The Balaban J connectivity index is 1.97. The number of ether oxygens (including phenoxy) is 1. The number of piperidine rings is 1. The van der Waals surface area contributed by atoms with E-state index in [1.807, 2.05) is 0 Å². The zero-order chi connectivity index (χ0) is 15.3.